The normalized spacial score (nSPS) is 14.8. The van der Waals surface area contributed by atoms with Crippen molar-refractivity contribution in [3.8, 4) is 0 Å². The van der Waals surface area contributed by atoms with E-state index in [1.165, 1.54) is 19.3 Å². The zero-order chi connectivity index (χ0) is 16.5. The molecule has 1 fully saturated rings. The molecule has 1 aliphatic carbocycles. The van der Waals surface area contributed by atoms with Gasteiger partial charge in [-0.05, 0) is 25.0 Å². The molecular formula is C15H24N6O2. The summed E-state index contributed by atoms with van der Waals surface area (Å²) in [5.41, 5.74) is 0.267. The van der Waals surface area contributed by atoms with Crippen LogP contribution in [0.1, 0.15) is 42.6 Å². The van der Waals surface area contributed by atoms with Gasteiger partial charge in [0.1, 0.15) is 5.82 Å². The maximum Gasteiger partial charge on any atom is 0.315 e. The lowest BCUT2D eigenvalue weighted by Gasteiger charge is -2.22. The maximum absolute atomic E-state index is 11.8. The second-order valence-corrected chi connectivity index (χ2v) is 5.54. The average molecular weight is 320 g/mol. The molecule has 0 bridgehead atoms. The Bertz CT molecular complexity index is 513. The van der Waals surface area contributed by atoms with Crippen LogP contribution in [0.15, 0.2) is 12.1 Å². The van der Waals surface area contributed by atoms with Crippen LogP contribution in [-0.4, -0.2) is 48.3 Å². The molecule has 1 heterocycles. The van der Waals surface area contributed by atoms with Gasteiger partial charge in [-0.15, -0.1) is 10.2 Å². The summed E-state index contributed by atoms with van der Waals surface area (Å²) in [4.78, 5) is 23.1. The van der Waals surface area contributed by atoms with Gasteiger partial charge in [0, 0.05) is 26.2 Å². The first kappa shape index (κ1) is 17.0. The van der Waals surface area contributed by atoms with E-state index >= 15 is 0 Å². The van der Waals surface area contributed by atoms with Crippen molar-refractivity contribution < 1.29 is 9.59 Å². The summed E-state index contributed by atoms with van der Waals surface area (Å²) < 4.78 is 0. The molecule has 0 saturated heterocycles. The minimum Gasteiger partial charge on any atom is -0.367 e. The maximum atomic E-state index is 11.8. The number of urea groups is 1. The van der Waals surface area contributed by atoms with Crippen LogP contribution in [0.2, 0.25) is 0 Å². The largest absolute Gasteiger partial charge is 0.367 e. The van der Waals surface area contributed by atoms with E-state index in [0.29, 0.717) is 24.9 Å². The Hall–Kier alpha value is -2.38. The molecule has 2 rings (SSSR count). The molecule has 23 heavy (non-hydrogen) atoms. The molecule has 3 amide bonds. The van der Waals surface area contributed by atoms with Crippen molar-refractivity contribution in [1.29, 1.82) is 0 Å². The van der Waals surface area contributed by atoms with Crippen molar-refractivity contribution in [2.45, 2.75) is 38.1 Å². The summed E-state index contributed by atoms with van der Waals surface area (Å²) in [6.07, 6.45) is 5.79. The summed E-state index contributed by atoms with van der Waals surface area (Å²) in [5.74, 6) is 0.289. The number of hydrogen-bond donors (Lipinski definition) is 4. The molecule has 126 valence electrons. The van der Waals surface area contributed by atoms with Crippen LogP contribution in [0.5, 0.6) is 0 Å². The number of nitrogens with one attached hydrogen (secondary N) is 4. The van der Waals surface area contributed by atoms with Crippen LogP contribution >= 0.6 is 0 Å². The zero-order valence-electron chi connectivity index (χ0n) is 13.4. The van der Waals surface area contributed by atoms with Crippen molar-refractivity contribution in [3.63, 3.8) is 0 Å². The predicted octanol–water partition coefficient (Wildman–Crippen LogP) is 0.880. The smallest absolute Gasteiger partial charge is 0.315 e. The molecule has 0 atom stereocenters. The molecule has 8 nitrogen and oxygen atoms in total. The highest BCUT2D eigenvalue weighted by Gasteiger charge is 2.15. The molecule has 0 spiro atoms. The van der Waals surface area contributed by atoms with Crippen LogP contribution in [-0.2, 0) is 0 Å². The Morgan fingerprint density at radius 1 is 1.13 bits per heavy atom. The van der Waals surface area contributed by atoms with E-state index in [1.54, 1.807) is 19.2 Å². The topological polar surface area (TPSA) is 108 Å². The van der Waals surface area contributed by atoms with Crippen molar-refractivity contribution in [1.82, 2.24) is 26.1 Å². The van der Waals surface area contributed by atoms with E-state index in [9.17, 15) is 9.59 Å². The Morgan fingerprint density at radius 3 is 2.57 bits per heavy atom. The molecule has 8 heteroatoms. The fourth-order valence-electron chi connectivity index (χ4n) is 2.53. The first-order valence-electron chi connectivity index (χ1n) is 8.03. The van der Waals surface area contributed by atoms with Crippen LogP contribution in [0.3, 0.4) is 0 Å². The third kappa shape index (κ3) is 5.72. The van der Waals surface area contributed by atoms with E-state index < -0.39 is 0 Å². The van der Waals surface area contributed by atoms with Gasteiger partial charge in [0.05, 0.1) is 0 Å². The lowest BCUT2D eigenvalue weighted by atomic mass is 9.96. The van der Waals surface area contributed by atoms with Crippen LogP contribution < -0.4 is 21.3 Å². The molecule has 1 aromatic rings. The third-order valence-corrected chi connectivity index (χ3v) is 3.78. The van der Waals surface area contributed by atoms with Gasteiger partial charge in [0.25, 0.3) is 5.91 Å². The lowest BCUT2D eigenvalue weighted by molar-refractivity contribution is 0.0957. The summed E-state index contributed by atoms with van der Waals surface area (Å²) >= 11 is 0. The fourth-order valence-corrected chi connectivity index (χ4v) is 2.53. The number of aromatic nitrogens is 2. The Balaban J connectivity index is 1.62. The van der Waals surface area contributed by atoms with E-state index in [1.807, 2.05) is 0 Å². The molecule has 0 aromatic carbocycles. The van der Waals surface area contributed by atoms with E-state index in [0.717, 1.165) is 12.8 Å². The highest BCUT2D eigenvalue weighted by Crippen LogP contribution is 2.17. The summed E-state index contributed by atoms with van der Waals surface area (Å²) in [5, 5.41) is 19.1. The van der Waals surface area contributed by atoms with Crippen LogP contribution in [0, 0.1) is 0 Å². The number of hydrogen-bond acceptors (Lipinski definition) is 5. The van der Waals surface area contributed by atoms with Crippen molar-refractivity contribution in [2.24, 2.45) is 0 Å². The predicted molar refractivity (Wildman–Crippen MR) is 87.3 cm³/mol. The van der Waals surface area contributed by atoms with Gasteiger partial charge in [0.15, 0.2) is 5.69 Å². The molecule has 0 aliphatic heterocycles. The standard InChI is InChI=1S/C15H24N6O2/c1-16-14(22)12-7-8-13(21-20-12)17-9-10-18-15(23)19-11-5-3-2-4-6-11/h7-8,11H,2-6,9-10H2,1H3,(H,16,22)(H,17,21)(H2,18,19,23). The monoisotopic (exact) mass is 320 g/mol. The SMILES string of the molecule is CNC(=O)c1ccc(NCCNC(=O)NC2CCCCC2)nn1. The first-order valence-corrected chi connectivity index (χ1v) is 8.03. The van der Waals surface area contributed by atoms with E-state index in [-0.39, 0.29) is 17.6 Å². The fraction of sp³-hybridized carbons (Fsp3) is 0.600. The van der Waals surface area contributed by atoms with Crippen molar-refractivity contribution >= 4 is 17.8 Å². The molecule has 4 N–H and O–H groups in total. The molecule has 0 unspecified atom stereocenters. The highest BCUT2D eigenvalue weighted by atomic mass is 16.2. The highest BCUT2D eigenvalue weighted by molar-refractivity contribution is 5.91. The number of amides is 3. The summed E-state index contributed by atoms with van der Waals surface area (Å²) in [6.45, 7) is 1.02. The van der Waals surface area contributed by atoms with Gasteiger partial charge >= 0.3 is 6.03 Å². The second-order valence-electron chi connectivity index (χ2n) is 5.54. The van der Waals surface area contributed by atoms with Gasteiger partial charge in [-0.3, -0.25) is 4.79 Å². The second kappa shape index (κ2) is 8.92. The van der Waals surface area contributed by atoms with Gasteiger partial charge in [-0.1, -0.05) is 19.3 Å². The Labute approximate surface area is 135 Å². The van der Waals surface area contributed by atoms with Crippen LogP contribution in [0.25, 0.3) is 0 Å². The first-order chi connectivity index (χ1) is 11.2. The number of carbonyl (C=O) groups is 2. The number of carbonyl (C=O) groups excluding carboxylic acids is 2. The molecule has 0 radical (unpaired) electrons. The quantitative estimate of drug-likeness (QED) is 0.582. The zero-order valence-corrected chi connectivity index (χ0v) is 13.4. The Morgan fingerprint density at radius 2 is 1.91 bits per heavy atom. The van der Waals surface area contributed by atoms with Crippen molar-refractivity contribution in [2.75, 3.05) is 25.5 Å². The van der Waals surface area contributed by atoms with Gasteiger partial charge in [-0.2, -0.15) is 0 Å². The Kier molecular flexibility index (Phi) is 6.58. The minimum atomic E-state index is -0.273. The third-order valence-electron chi connectivity index (χ3n) is 3.78. The van der Waals surface area contributed by atoms with E-state index in [2.05, 4.69) is 31.5 Å². The minimum absolute atomic E-state index is 0.125. The average Bonchev–Trinajstić information content (AvgIpc) is 2.59. The summed E-state index contributed by atoms with van der Waals surface area (Å²) in [6, 6.07) is 3.46. The van der Waals surface area contributed by atoms with Gasteiger partial charge in [-0.25, -0.2) is 4.79 Å². The molecule has 1 aliphatic rings. The summed E-state index contributed by atoms with van der Waals surface area (Å²) in [7, 11) is 1.54. The lowest BCUT2D eigenvalue weighted by Crippen LogP contribution is -2.44. The van der Waals surface area contributed by atoms with Crippen molar-refractivity contribution in [3.05, 3.63) is 17.8 Å². The molecule has 1 saturated carbocycles. The number of rotatable bonds is 6. The molecular weight excluding hydrogens is 296 g/mol. The number of anilines is 1. The molecule has 1 aromatic heterocycles. The van der Waals surface area contributed by atoms with Gasteiger partial charge in [0.2, 0.25) is 0 Å². The van der Waals surface area contributed by atoms with Gasteiger partial charge < -0.3 is 21.3 Å². The van der Waals surface area contributed by atoms with E-state index in [4.69, 9.17) is 0 Å². The van der Waals surface area contributed by atoms with Crippen LogP contribution in [0.4, 0.5) is 10.6 Å². The number of nitrogens with zero attached hydrogens (tertiary/aromatic N) is 2.